The van der Waals surface area contributed by atoms with E-state index >= 15 is 0 Å². The van der Waals surface area contributed by atoms with Gasteiger partial charge in [-0.15, -0.1) is 5.10 Å². The fraction of sp³-hybridized carbons (Fsp3) is 0.400. The number of amides is 2. The van der Waals surface area contributed by atoms with Crippen LogP contribution in [0.2, 0.25) is 0 Å². The molecular formula is C30H35N9O2. The molecule has 1 saturated heterocycles. The molecule has 0 spiro atoms. The Labute approximate surface area is 239 Å². The van der Waals surface area contributed by atoms with Gasteiger partial charge in [0.15, 0.2) is 5.82 Å². The molecule has 0 radical (unpaired) electrons. The minimum Gasteiger partial charge on any atom is -0.399 e. The van der Waals surface area contributed by atoms with Crippen LogP contribution >= 0.6 is 0 Å². The van der Waals surface area contributed by atoms with E-state index in [9.17, 15) is 14.9 Å². The van der Waals surface area contributed by atoms with Crippen molar-refractivity contribution in [3.63, 3.8) is 0 Å². The van der Waals surface area contributed by atoms with Gasteiger partial charge in [-0.3, -0.25) is 9.59 Å². The summed E-state index contributed by atoms with van der Waals surface area (Å²) in [6.07, 6.45) is 3.41. The van der Waals surface area contributed by atoms with Crippen LogP contribution in [0.5, 0.6) is 0 Å². The zero-order valence-electron chi connectivity index (χ0n) is 23.4. The van der Waals surface area contributed by atoms with Gasteiger partial charge in [0, 0.05) is 30.9 Å². The molecule has 0 bridgehead atoms. The van der Waals surface area contributed by atoms with Crippen molar-refractivity contribution in [1.29, 1.82) is 5.26 Å². The number of carbonyl (C=O) groups excluding carboxylic acids is 2. The quantitative estimate of drug-likeness (QED) is 0.377. The van der Waals surface area contributed by atoms with Gasteiger partial charge in [-0.2, -0.15) is 5.26 Å². The minimum atomic E-state index is -0.831. The molecule has 3 aromatic rings. The van der Waals surface area contributed by atoms with Crippen LogP contribution in [-0.4, -0.2) is 62.1 Å². The van der Waals surface area contributed by atoms with E-state index in [4.69, 9.17) is 11.5 Å². The minimum absolute atomic E-state index is 0.0888. The van der Waals surface area contributed by atoms with Gasteiger partial charge in [0.1, 0.15) is 6.04 Å². The van der Waals surface area contributed by atoms with E-state index in [1.54, 1.807) is 15.6 Å². The maximum Gasteiger partial charge on any atom is 0.248 e. The number of aryl methyl sites for hydroxylation is 3. The van der Waals surface area contributed by atoms with Crippen LogP contribution in [-0.2, 0) is 30.1 Å². The highest BCUT2D eigenvalue weighted by Gasteiger charge is 2.46. The molecule has 5 N–H and O–H groups in total. The number of hydrogen-bond acceptors (Lipinski definition) is 8. The molecule has 1 aliphatic heterocycles. The van der Waals surface area contributed by atoms with Crippen molar-refractivity contribution in [2.75, 3.05) is 13.1 Å². The van der Waals surface area contributed by atoms with E-state index in [0.29, 0.717) is 49.3 Å². The lowest BCUT2D eigenvalue weighted by Gasteiger charge is -2.37. The predicted molar refractivity (Wildman–Crippen MR) is 153 cm³/mol. The fourth-order valence-electron chi connectivity index (χ4n) is 6.44. The Bertz CT molecular complexity index is 1490. The van der Waals surface area contributed by atoms with Gasteiger partial charge in [0.25, 0.3) is 0 Å². The summed E-state index contributed by atoms with van der Waals surface area (Å²) in [6, 6.07) is 13.3. The number of fused-ring (bicyclic) bond motifs is 2. The number of carbonyl (C=O) groups is 2. The molecule has 41 heavy (non-hydrogen) atoms. The number of primary amides is 1. The highest BCUT2D eigenvalue weighted by molar-refractivity contribution is 5.93. The zero-order chi connectivity index (χ0) is 29.3. The molecule has 0 saturated carbocycles. The Hall–Kier alpha value is -4.56. The predicted octanol–water partition coefficient (Wildman–Crippen LogP) is 1.55. The first-order valence-corrected chi connectivity index (χ1v) is 13.8. The number of hydrogen-bond donors (Lipinski definition) is 3. The number of rotatable bonds is 8. The van der Waals surface area contributed by atoms with Crippen LogP contribution in [0.3, 0.4) is 0 Å². The number of nitrogens with zero attached hydrogens (tertiary/aromatic N) is 6. The Kier molecular flexibility index (Phi) is 7.60. The van der Waals surface area contributed by atoms with Gasteiger partial charge in [0.2, 0.25) is 11.8 Å². The van der Waals surface area contributed by atoms with E-state index < -0.39 is 11.3 Å². The van der Waals surface area contributed by atoms with E-state index in [0.717, 1.165) is 34.2 Å². The average Bonchev–Trinajstić information content (AvgIpc) is 3.59. The van der Waals surface area contributed by atoms with Crippen LogP contribution in [0.4, 0.5) is 0 Å². The molecule has 11 nitrogen and oxygen atoms in total. The Morgan fingerprint density at radius 2 is 1.83 bits per heavy atom. The molecule has 3 atom stereocenters. The van der Waals surface area contributed by atoms with E-state index in [2.05, 4.69) is 45.6 Å². The number of nitrogens with two attached hydrogens (primary N) is 2. The second-order valence-corrected chi connectivity index (χ2v) is 11.0. The Morgan fingerprint density at radius 1 is 1.17 bits per heavy atom. The molecule has 5 rings (SSSR count). The Morgan fingerprint density at radius 3 is 2.41 bits per heavy atom. The molecule has 2 aliphatic rings. The molecule has 11 heteroatoms. The lowest BCUT2D eigenvalue weighted by atomic mass is 9.67. The van der Waals surface area contributed by atoms with Gasteiger partial charge >= 0.3 is 0 Å². The number of likely N-dealkylation sites (tertiary alicyclic amines) is 1. The molecule has 212 valence electrons. The SMILES string of the molecule is C=C(N)c1ccc2c(c1)CCc1cc(C(N)=O)ccc1C2(C[C@@H](C)NCC(=O)N1CCC[C@H]1C#N)c1nnnn1C. The second kappa shape index (κ2) is 11.1. The third-order valence-electron chi connectivity index (χ3n) is 8.39. The summed E-state index contributed by atoms with van der Waals surface area (Å²) >= 11 is 0. The maximum absolute atomic E-state index is 13.0. The number of benzene rings is 2. The lowest BCUT2D eigenvalue weighted by molar-refractivity contribution is -0.130. The number of tetrazole rings is 1. The molecule has 1 aromatic heterocycles. The summed E-state index contributed by atoms with van der Waals surface area (Å²) in [6.45, 7) is 6.66. The van der Waals surface area contributed by atoms with Crippen LogP contribution < -0.4 is 16.8 Å². The first kappa shape index (κ1) is 28.0. The normalized spacial score (nSPS) is 20.4. The van der Waals surface area contributed by atoms with Gasteiger partial charge < -0.3 is 21.7 Å². The van der Waals surface area contributed by atoms with Gasteiger partial charge in [-0.05, 0) is 95.5 Å². The largest absolute Gasteiger partial charge is 0.399 e. The van der Waals surface area contributed by atoms with Crippen LogP contribution in [0, 0.1) is 11.3 Å². The average molecular weight is 554 g/mol. The summed E-state index contributed by atoms with van der Waals surface area (Å²) in [4.78, 5) is 26.8. The van der Waals surface area contributed by atoms with E-state index in [-0.39, 0.29) is 24.5 Å². The summed E-state index contributed by atoms with van der Waals surface area (Å²) in [7, 11) is 1.81. The summed E-state index contributed by atoms with van der Waals surface area (Å²) in [5.74, 6) is 0.0552. The smallest absolute Gasteiger partial charge is 0.248 e. The van der Waals surface area contributed by atoms with Crippen molar-refractivity contribution in [3.8, 4) is 6.07 Å². The fourth-order valence-corrected chi connectivity index (χ4v) is 6.44. The van der Waals surface area contributed by atoms with Crippen molar-refractivity contribution in [1.82, 2.24) is 30.4 Å². The molecule has 2 heterocycles. The monoisotopic (exact) mass is 553 g/mol. The van der Waals surface area contributed by atoms with Crippen molar-refractivity contribution < 1.29 is 9.59 Å². The second-order valence-electron chi connectivity index (χ2n) is 11.0. The highest BCUT2D eigenvalue weighted by atomic mass is 16.2. The van der Waals surface area contributed by atoms with Gasteiger partial charge in [0.05, 0.1) is 18.0 Å². The van der Waals surface area contributed by atoms with Crippen LogP contribution in [0.1, 0.15) is 70.2 Å². The number of nitriles is 1. The van der Waals surface area contributed by atoms with Crippen molar-refractivity contribution in [3.05, 3.63) is 82.2 Å². The molecule has 2 amide bonds. The van der Waals surface area contributed by atoms with Crippen LogP contribution in [0.25, 0.3) is 5.70 Å². The third-order valence-corrected chi connectivity index (χ3v) is 8.39. The summed E-state index contributed by atoms with van der Waals surface area (Å²) < 4.78 is 1.68. The van der Waals surface area contributed by atoms with Crippen molar-refractivity contribution >= 4 is 17.5 Å². The molecular weight excluding hydrogens is 518 g/mol. The summed E-state index contributed by atoms with van der Waals surface area (Å²) in [5.41, 5.74) is 16.7. The maximum atomic E-state index is 13.0. The topological polar surface area (TPSA) is 169 Å². The molecule has 1 aliphatic carbocycles. The highest BCUT2D eigenvalue weighted by Crippen LogP contribution is 2.47. The molecule has 2 aromatic carbocycles. The van der Waals surface area contributed by atoms with E-state index in [1.165, 1.54) is 0 Å². The third kappa shape index (κ3) is 5.07. The first-order chi connectivity index (χ1) is 19.6. The van der Waals surface area contributed by atoms with Gasteiger partial charge in [-0.25, -0.2) is 4.68 Å². The number of aromatic nitrogens is 4. The zero-order valence-corrected chi connectivity index (χ0v) is 23.4. The van der Waals surface area contributed by atoms with Crippen LogP contribution in [0.15, 0.2) is 43.0 Å². The Balaban J connectivity index is 1.62. The first-order valence-electron chi connectivity index (χ1n) is 13.8. The summed E-state index contributed by atoms with van der Waals surface area (Å²) in [5, 5.41) is 25.6. The lowest BCUT2D eigenvalue weighted by Crippen LogP contribution is -2.45. The van der Waals surface area contributed by atoms with Crippen molar-refractivity contribution in [2.45, 2.75) is 56.5 Å². The number of nitrogens with one attached hydrogen (secondary N) is 1. The van der Waals surface area contributed by atoms with E-state index in [1.807, 2.05) is 32.2 Å². The molecule has 1 fully saturated rings. The van der Waals surface area contributed by atoms with Gasteiger partial charge in [-0.1, -0.05) is 24.8 Å². The molecule has 1 unspecified atom stereocenters. The standard InChI is InChI=1S/C30H35N9O2/c1-18(34-17-27(40)39-12-4-5-24(39)16-31)15-30(29-35-36-37-38(29)3)25-10-8-20(19(2)32)13-21(25)6-7-22-14-23(28(33)41)9-11-26(22)30/h8-11,13-14,18,24,34H,2,4-7,12,15,17,32H2,1,3H3,(H2,33,41)/t18-,24+,30?/m1/s1. The van der Waals surface area contributed by atoms with Crippen molar-refractivity contribution in [2.24, 2.45) is 18.5 Å².